The van der Waals surface area contributed by atoms with Crippen molar-refractivity contribution in [3.63, 3.8) is 0 Å². The Hall–Kier alpha value is -2.45. The highest BCUT2D eigenvalue weighted by atomic mass is 32.2. The number of hydrogen-bond donors (Lipinski definition) is 2. The van der Waals surface area contributed by atoms with E-state index in [0.29, 0.717) is 25.1 Å². The van der Waals surface area contributed by atoms with Crippen LogP contribution < -0.4 is 10.0 Å². The summed E-state index contributed by atoms with van der Waals surface area (Å²) in [4.78, 5) is 12.2. The molecule has 0 unspecified atom stereocenters. The molecule has 6 nitrogen and oxygen atoms in total. The van der Waals surface area contributed by atoms with E-state index in [-0.39, 0.29) is 22.1 Å². The first-order valence-electron chi connectivity index (χ1n) is 7.99. The van der Waals surface area contributed by atoms with E-state index in [1.54, 1.807) is 20.1 Å². The SMILES string of the molecule is COCCCNC(=O)c1cc(S(=O)(=O)Nc2ccc(F)cc2)ccc1C. The highest BCUT2D eigenvalue weighted by molar-refractivity contribution is 7.92. The normalized spacial score (nSPS) is 11.2. The molecular formula is C18H21FN2O4S. The van der Waals surface area contributed by atoms with Gasteiger partial charge in [0.1, 0.15) is 5.82 Å². The topological polar surface area (TPSA) is 84.5 Å². The number of nitrogens with one attached hydrogen (secondary N) is 2. The van der Waals surface area contributed by atoms with Gasteiger partial charge in [-0.25, -0.2) is 12.8 Å². The third kappa shape index (κ3) is 5.27. The van der Waals surface area contributed by atoms with Gasteiger partial charge in [0, 0.05) is 31.5 Å². The summed E-state index contributed by atoms with van der Waals surface area (Å²) in [5.74, 6) is -0.812. The molecule has 8 heteroatoms. The van der Waals surface area contributed by atoms with Crippen molar-refractivity contribution in [3.05, 3.63) is 59.4 Å². The number of sulfonamides is 1. The van der Waals surface area contributed by atoms with Gasteiger partial charge in [-0.05, 0) is 55.3 Å². The molecule has 2 N–H and O–H groups in total. The predicted molar refractivity (Wildman–Crippen MR) is 97.2 cm³/mol. The Kier molecular flexibility index (Phi) is 6.70. The molecule has 1 amide bonds. The van der Waals surface area contributed by atoms with Crippen LogP contribution in [-0.4, -0.2) is 34.6 Å². The lowest BCUT2D eigenvalue weighted by Gasteiger charge is -2.12. The summed E-state index contributed by atoms with van der Waals surface area (Å²) < 4.78 is 45.3. The third-order valence-corrected chi connectivity index (χ3v) is 5.05. The van der Waals surface area contributed by atoms with Gasteiger partial charge in [-0.15, -0.1) is 0 Å². The molecule has 0 radical (unpaired) electrons. The minimum atomic E-state index is -3.90. The van der Waals surface area contributed by atoms with Crippen molar-refractivity contribution >= 4 is 21.6 Å². The van der Waals surface area contributed by atoms with E-state index in [2.05, 4.69) is 10.0 Å². The van der Waals surface area contributed by atoms with E-state index in [1.165, 1.54) is 24.3 Å². The number of amides is 1. The van der Waals surface area contributed by atoms with Gasteiger partial charge in [0.05, 0.1) is 4.90 Å². The van der Waals surface area contributed by atoms with Gasteiger partial charge in [0.25, 0.3) is 15.9 Å². The number of benzene rings is 2. The van der Waals surface area contributed by atoms with Crippen LogP contribution in [0.15, 0.2) is 47.4 Å². The summed E-state index contributed by atoms with van der Waals surface area (Å²) in [6.07, 6.45) is 0.658. The zero-order chi connectivity index (χ0) is 19.2. The molecule has 0 saturated heterocycles. The van der Waals surface area contributed by atoms with Crippen molar-refractivity contribution in [2.75, 3.05) is 25.0 Å². The van der Waals surface area contributed by atoms with E-state index >= 15 is 0 Å². The highest BCUT2D eigenvalue weighted by Crippen LogP contribution is 2.19. The fourth-order valence-electron chi connectivity index (χ4n) is 2.26. The van der Waals surface area contributed by atoms with Crippen LogP contribution in [0.4, 0.5) is 10.1 Å². The first-order valence-corrected chi connectivity index (χ1v) is 9.48. The maximum absolute atomic E-state index is 12.9. The minimum absolute atomic E-state index is 0.0468. The van der Waals surface area contributed by atoms with Crippen molar-refractivity contribution in [1.82, 2.24) is 5.32 Å². The summed E-state index contributed by atoms with van der Waals surface area (Å²) in [7, 11) is -2.32. The molecule has 0 spiro atoms. The van der Waals surface area contributed by atoms with Crippen LogP contribution in [-0.2, 0) is 14.8 Å². The zero-order valence-corrected chi connectivity index (χ0v) is 15.4. The van der Waals surface area contributed by atoms with E-state index in [1.807, 2.05) is 0 Å². The number of anilines is 1. The molecule has 2 aromatic rings. The van der Waals surface area contributed by atoms with Gasteiger partial charge in [-0.1, -0.05) is 6.07 Å². The van der Waals surface area contributed by atoms with E-state index in [0.717, 1.165) is 12.1 Å². The van der Waals surface area contributed by atoms with Crippen molar-refractivity contribution < 1.29 is 22.3 Å². The van der Waals surface area contributed by atoms with E-state index in [4.69, 9.17) is 4.74 Å². The van der Waals surface area contributed by atoms with Crippen LogP contribution >= 0.6 is 0 Å². The monoisotopic (exact) mass is 380 g/mol. The van der Waals surface area contributed by atoms with Gasteiger partial charge in [0.15, 0.2) is 0 Å². The Morgan fingerprint density at radius 3 is 2.50 bits per heavy atom. The van der Waals surface area contributed by atoms with E-state index in [9.17, 15) is 17.6 Å². The number of carbonyl (C=O) groups excluding carboxylic acids is 1. The Bertz CT molecular complexity index is 867. The number of methoxy groups -OCH3 is 1. The number of hydrogen-bond acceptors (Lipinski definition) is 4. The third-order valence-electron chi connectivity index (χ3n) is 3.67. The summed E-state index contributed by atoms with van der Waals surface area (Å²) >= 11 is 0. The Labute approximate surface area is 152 Å². The standard InChI is InChI=1S/C18H21FN2O4S/c1-13-4-9-16(12-17(13)18(22)20-10-3-11-25-2)26(23,24)21-15-7-5-14(19)6-8-15/h4-9,12,21H,3,10-11H2,1-2H3,(H,20,22). The van der Waals surface area contributed by atoms with Crippen molar-refractivity contribution in [3.8, 4) is 0 Å². The summed E-state index contributed by atoms with van der Waals surface area (Å²) in [5.41, 5.74) is 1.18. The summed E-state index contributed by atoms with van der Waals surface area (Å²) in [6, 6.07) is 9.28. The lowest BCUT2D eigenvalue weighted by molar-refractivity contribution is 0.0948. The van der Waals surface area contributed by atoms with Gasteiger partial charge >= 0.3 is 0 Å². The molecule has 0 fully saturated rings. The predicted octanol–water partition coefficient (Wildman–Crippen LogP) is 2.70. The molecule has 0 atom stereocenters. The van der Waals surface area contributed by atoms with Gasteiger partial charge in [0.2, 0.25) is 0 Å². The second-order valence-corrected chi connectivity index (χ2v) is 7.37. The summed E-state index contributed by atoms with van der Waals surface area (Å²) in [5, 5.41) is 2.73. The lowest BCUT2D eigenvalue weighted by atomic mass is 10.1. The molecule has 26 heavy (non-hydrogen) atoms. The molecule has 0 bridgehead atoms. The van der Waals surface area contributed by atoms with Crippen LogP contribution in [0.2, 0.25) is 0 Å². The number of carbonyl (C=O) groups is 1. The number of rotatable bonds is 8. The first kappa shape index (κ1) is 19.9. The Morgan fingerprint density at radius 2 is 1.85 bits per heavy atom. The Morgan fingerprint density at radius 1 is 1.15 bits per heavy atom. The molecule has 0 aliphatic heterocycles. The smallest absolute Gasteiger partial charge is 0.261 e. The van der Waals surface area contributed by atoms with Gasteiger partial charge in [-0.3, -0.25) is 9.52 Å². The Balaban J connectivity index is 2.18. The van der Waals surface area contributed by atoms with Crippen molar-refractivity contribution in [2.24, 2.45) is 0 Å². The van der Waals surface area contributed by atoms with Crippen LogP contribution in [0.1, 0.15) is 22.3 Å². The molecule has 2 rings (SSSR count). The number of ether oxygens (including phenoxy) is 1. The largest absolute Gasteiger partial charge is 0.385 e. The minimum Gasteiger partial charge on any atom is -0.385 e. The molecule has 2 aromatic carbocycles. The maximum atomic E-state index is 12.9. The van der Waals surface area contributed by atoms with Crippen molar-refractivity contribution in [1.29, 1.82) is 0 Å². The highest BCUT2D eigenvalue weighted by Gasteiger charge is 2.18. The van der Waals surface area contributed by atoms with Crippen LogP contribution in [0.3, 0.4) is 0 Å². The molecule has 0 aliphatic rings. The second-order valence-electron chi connectivity index (χ2n) is 5.69. The molecule has 0 heterocycles. The average Bonchev–Trinajstić information content (AvgIpc) is 2.60. The van der Waals surface area contributed by atoms with Crippen molar-refractivity contribution in [2.45, 2.75) is 18.2 Å². The maximum Gasteiger partial charge on any atom is 0.261 e. The molecule has 140 valence electrons. The van der Waals surface area contributed by atoms with Gasteiger partial charge in [-0.2, -0.15) is 0 Å². The van der Waals surface area contributed by atoms with Crippen LogP contribution in [0.5, 0.6) is 0 Å². The zero-order valence-electron chi connectivity index (χ0n) is 14.6. The molecule has 0 aromatic heterocycles. The number of aryl methyl sites for hydroxylation is 1. The lowest BCUT2D eigenvalue weighted by Crippen LogP contribution is -2.26. The van der Waals surface area contributed by atoms with Crippen LogP contribution in [0, 0.1) is 12.7 Å². The van der Waals surface area contributed by atoms with E-state index < -0.39 is 15.8 Å². The molecule has 0 aliphatic carbocycles. The van der Waals surface area contributed by atoms with Crippen LogP contribution in [0.25, 0.3) is 0 Å². The average molecular weight is 380 g/mol. The molecule has 0 saturated carbocycles. The quantitative estimate of drug-likeness (QED) is 0.690. The molecular weight excluding hydrogens is 359 g/mol. The fraction of sp³-hybridized carbons (Fsp3) is 0.278. The first-order chi connectivity index (χ1) is 12.3. The fourth-order valence-corrected chi connectivity index (χ4v) is 3.34. The summed E-state index contributed by atoms with van der Waals surface area (Å²) in [6.45, 7) is 2.68. The van der Waals surface area contributed by atoms with Gasteiger partial charge < -0.3 is 10.1 Å². The second kappa shape index (κ2) is 8.77. The number of halogens is 1.